The molecule has 11 heavy (non-hydrogen) atoms. The summed E-state index contributed by atoms with van der Waals surface area (Å²) in [6.07, 6.45) is 0. The molecule has 0 saturated carbocycles. The highest BCUT2D eigenvalue weighted by Gasteiger charge is 1.69. The van der Waals surface area contributed by atoms with Gasteiger partial charge in [-0.15, -0.1) is 0 Å². The van der Waals surface area contributed by atoms with Crippen LogP contribution in [0.3, 0.4) is 0 Å². The van der Waals surface area contributed by atoms with Crippen LogP contribution in [0.25, 0.3) is 0 Å². The molecule has 0 saturated heterocycles. The minimum absolute atomic E-state index is 0.405. The summed E-state index contributed by atoms with van der Waals surface area (Å²) in [4.78, 5) is 4.41. The standard InChI is InChI=1S/C2H6N8O/c1-2-11-10-9-8-7-6-5-4-3/h3H,2H2,1H3. The molecule has 0 amide bonds. The summed E-state index contributed by atoms with van der Waals surface area (Å²) in [5, 5.41) is 20.3. The van der Waals surface area contributed by atoms with Crippen molar-refractivity contribution in [2.75, 3.05) is 6.61 Å². The third-order valence-electron chi connectivity index (χ3n) is 0.428. The van der Waals surface area contributed by atoms with Crippen LogP contribution in [0.5, 0.6) is 0 Å². The van der Waals surface area contributed by atoms with Crippen molar-refractivity contribution in [3.05, 3.63) is 0 Å². The molecule has 0 fully saturated rings. The second-order valence-corrected chi connectivity index (χ2v) is 1.05. The Hall–Kier alpha value is -1.80. The van der Waals surface area contributed by atoms with Crippen LogP contribution in [0.15, 0.2) is 36.6 Å². The molecule has 9 heteroatoms. The zero-order valence-electron chi connectivity index (χ0n) is 5.75. The highest BCUT2D eigenvalue weighted by molar-refractivity contribution is 4.06. The molecular weight excluding hydrogens is 152 g/mol. The van der Waals surface area contributed by atoms with Gasteiger partial charge in [0, 0.05) is 20.9 Å². The van der Waals surface area contributed by atoms with Crippen LogP contribution >= 0.6 is 0 Å². The van der Waals surface area contributed by atoms with Crippen LogP contribution < -0.4 is 0 Å². The minimum atomic E-state index is 0.405. The SMILES string of the molecule is CCON=NN=NN=NN=N. The molecule has 60 valence electrons. The van der Waals surface area contributed by atoms with Crippen LogP contribution in [0, 0.1) is 5.53 Å². The molecule has 0 unspecified atom stereocenters. The van der Waals surface area contributed by atoms with Crippen LogP contribution in [-0.2, 0) is 4.84 Å². The van der Waals surface area contributed by atoms with E-state index < -0.39 is 0 Å². The third kappa shape index (κ3) is 8.20. The Morgan fingerprint density at radius 2 is 1.73 bits per heavy atom. The fraction of sp³-hybridized carbons (Fsp3) is 1.00. The Kier molecular flexibility index (Phi) is 6.86. The highest BCUT2D eigenvalue weighted by Crippen LogP contribution is 1.84. The van der Waals surface area contributed by atoms with Crippen LogP contribution in [0.4, 0.5) is 0 Å². The van der Waals surface area contributed by atoms with Gasteiger partial charge in [-0.1, -0.05) is 0 Å². The van der Waals surface area contributed by atoms with Gasteiger partial charge in [-0.25, -0.2) is 0 Å². The van der Waals surface area contributed by atoms with E-state index in [1.807, 2.05) is 0 Å². The number of hydrogen-bond donors (Lipinski definition) is 1. The third-order valence-corrected chi connectivity index (χ3v) is 0.428. The van der Waals surface area contributed by atoms with Crippen molar-refractivity contribution in [3.63, 3.8) is 0 Å². The number of nitrogens with zero attached hydrogens (tertiary/aromatic N) is 7. The monoisotopic (exact) mass is 158 g/mol. The van der Waals surface area contributed by atoms with E-state index in [0.29, 0.717) is 6.61 Å². The first-order valence-electron chi connectivity index (χ1n) is 2.60. The molecule has 9 nitrogen and oxygen atoms in total. The first kappa shape index (κ1) is 9.20. The van der Waals surface area contributed by atoms with Crippen LogP contribution in [0.2, 0.25) is 0 Å². The lowest BCUT2D eigenvalue weighted by Crippen LogP contribution is -1.73. The van der Waals surface area contributed by atoms with Gasteiger partial charge in [0.25, 0.3) is 0 Å². The van der Waals surface area contributed by atoms with E-state index in [1.54, 1.807) is 6.92 Å². The molecule has 0 aliphatic carbocycles. The second-order valence-electron chi connectivity index (χ2n) is 1.05. The van der Waals surface area contributed by atoms with Gasteiger partial charge in [0.05, 0.1) is 0 Å². The summed E-state index contributed by atoms with van der Waals surface area (Å²) in [7, 11) is 0. The van der Waals surface area contributed by atoms with Gasteiger partial charge in [0.1, 0.15) is 6.61 Å². The van der Waals surface area contributed by atoms with Gasteiger partial charge < -0.3 is 4.84 Å². The summed E-state index contributed by atoms with van der Waals surface area (Å²) in [6.45, 7) is 2.15. The molecule has 0 aliphatic rings. The van der Waals surface area contributed by atoms with Gasteiger partial charge in [-0.3, -0.25) is 0 Å². The van der Waals surface area contributed by atoms with E-state index in [1.165, 1.54) is 0 Å². The van der Waals surface area contributed by atoms with E-state index in [-0.39, 0.29) is 0 Å². The number of hydrogen-bond acceptors (Lipinski definition) is 3. The lowest BCUT2D eigenvalue weighted by molar-refractivity contribution is 0.134. The Morgan fingerprint density at radius 1 is 1.09 bits per heavy atom. The number of nitrogens with one attached hydrogen (secondary N) is 1. The predicted molar refractivity (Wildman–Crippen MR) is 31.3 cm³/mol. The normalized spacial score (nSPS) is 11.7. The molecule has 0 heterocycles. The zero-order valence-corrected chi connectivity index (χ0v) is 5.75. The molecular formula is C2H6N8O. The molecule has 0 aromatic rings. The average molecular weight is 158 g/mol. The first-order chi connectivity index (χ1) is 5.41. The second kappa shape index (κ2) is 8.20. The first-order valence-corrected chi connectivity index (χ1v) is 2.60. The van der Waals surface area contributed by atoms with Crippen molar-refractivity contribution in [1.82, 2.24) is 0 Å². The fourth-order valence-corrected chi connectivity index (χ4v) is 0.174. The topological polar surface area (TPSA) is 120 Å². The average Bonchev–Trinajstić information content (AvgIpc) is 2.03. The Morgan fingerprint density at radius 3 is 2.36 bits per heavy atom. The lowest BCUT2D eigenvalue weighted by atomic mass is 10.9. The molecule has 0 atom stereocenters. The molecule has 0 bridgehead atoms. The molecule has 0 spiro atoms. The molecule has 0 radical (unpaired) electrons. The summed E-state index contributed by atoms with van der Waals surface area (Å²) < 4.78 is 0. The molecule has 0 rings (SSSR count). The quantitative estimate of drug-likeness (QED) is 0.478. The van der Waals surface area contributed by atoms with E-state index in [4.69, 9.17) is 5.53 Å². The summed E-state index contributed by atoms with van der Waals surface area (Å²) in [5.41, 5.74) is 6.13. The van der Waals surface area contributed by atoms with E-state index in [0.717, 1.165) is 0 Å². The van der Waals surface area contributed by atoms with Crippen molar-refractivity contribution >= 4 is 0 Å². The van der Waals surface area contributed by atoms with E-state index in [9.17, 15) is 0 Å². The van der Waals surface area contributed by atoms with Gasteiger partial charge in [0.15, 0.2) is 0 Å². The van der Waals surface area contributed by atoms with E-state index >= 15 is 0 Å². The van der Waals surface area contributed by atoms with Gasteiger partial charge in [-0.2, -0.15) is 5.53 Å². The van der Waals surface area contributed by atoms with Gasteiger partial charge in [-0.05, 0) is 22.6 Å². The van der Waals surface area contributed by atoms with Crippen LogP contribution in [-0.4, -0.2) is 6.61 Å². The Labute approximate surface area is 61.7 Å². The maximum atomic E-state index is 6.13. The van der Waals surface area contributed by atoms with Crippen molar-refractivity contribution in [2.45, 2.75) is 6.92 Å². The Bertz CT molecular complexity index is 171. The molecule has 1 N–H and O–H groups in total. The smallest absolute Gasteiger partial charge is 0.116 e. The summed E-state index contributed by atoms with van der Waals surface area (Å²) in [5.74, 6) is 0. The van der Waals surface area contributed by atoms with Crippen LogP contribution in [0.1, 0.15) is 6.92 Å². The molecule has 0 aromatic carbocycles. The Balaban J connectivity index is 3.42. The number of rotatable bonds is 5. The molecule has 0 aromatic heterocycles. The summed E-state index contributed by atoms with van der Waals surface area (Å²) >= 11 is 0. The lowest BCUT2D eigenvalue weighted by Gasteiger charge is -1.82. The van der Waals surface area contributed by atoms with Gasteiger partial charge >= 0.3 is 0 Å². The van der Waals surface area contributed by atoms with Gasteiger partial charge in [0.2, 0.25) is 0 Å². The van der Waals surface area contributed by atoms with Crippen molar-refractivity contribution in [3.8, 4) is 0 Å². The van der Waals surface area contributed by atoms with Crippen molar-refractivity contribution in [1.29, 1.82) is 5.53 Å². The highest BCUT2D eigenvalue weighted by atomic mass is 16.6. The minimum Gasteiger partial charge on any atom is -0.378 e. The maximum absolute atomic E-state index is 6.13. The zero-order chi connectivity index (χ0) is 8.36. The fourth-order valence-electron chi connectivity index (χ4n) is 0.174. The van der Waals surface area contributed by atoms with Crippen molar-refractivity contribution < 1.29 is 4.84 Å². The van der Waals surface area contributed by atoms with E-state index in [2.05, 4.69) is 41.5 Å². The largest absolute Gasteiger partial charge is 0.378 e. The molecule has 0 aliphatic heterocycles. The van der Waals surface area contributed by atoms with Crippen molar-refractivity contribution in [2.24, 2.45) is 36.6 Å². The predicted octanol–water partition coefficient (Wildman–Crippen LogP) is 2.07. The maximum Gasteiger partial charge on any atom is 0.116 e. The summed E-state index contributed by atoms with van der Waals surface area (Å²) in [6, 6.07) is 0.